The predicted octanol–water partition coefficient (Wildman–Crippen LogP) is 3.16. The number of amides is 1. The third-order valence-electron chi connectivity index (χ3n) is 5.46. The van der Waals surface area contributed by atoms with Gasteiger partial charge in [-0.1, -0.05) is 57.0 Å². The molecule has 0 radical (unpaired) electrons. The molecule has 0 aromatic heterocycles. The van der Waals surface area contributed by atoms with Crippen LogP contribution in [0.25, 0.3) is 10.8 Å². The lowest BCUT2D eigenvalue weighted by Gasteiger charge is -2.30. The van der Waals surface area contributed by atoms with E-state index in [1.165, 1.54) is 0 Å². The van der Waals surface area contributed by atoms with Gasteiger partial charge in [0.15, 0.2) is 0 Å². The highest BCUT2D eigenvalue weighted by molar-refractivity contribution is 7.89. The van der Waals surface area contributed by atoms with Gasteiger partial charge in [-0.2, -0.15) is 4.72 Å². The third-order valence-corrected chi connectivity index (χ3v) is 6.99. The maximum Gasteiger partial charge on any atom is 0.241 e. The second-order valence-electron chi connectivity index (χ2n) is 8.25. The standard InChI is InChI=1S/C22H28N2O4S/c1-16(2)13-19(15-25)23-21(26)22(11-5-6-12-22)24-29(27,28)20-10-9-17-7-3-4-8-18(17)14-20/h3-4,7-10,14-16,19,24H,5-6,11-13H2,1-2H3,(H,23,26)/t19-/m0/s1. The monoisotopic (exact) mass is 416 g/mol. The van der Waals surface area contributed by atoms with E-state index in [-0.39, 0.29) is 10.8 Å². The van der Waals surface area contributed by atoms with Gasteiger partial charge in [0.05, 0.1) is 10.9 Å². The number of sulfonamides is 1. The number of rotatable bonds is 8. The van der Waals surface area contributed by atoms with E-state index in [1.807, 2.05) is 38.1 Å². The van der Waals surface area contributed by atoms with Crippen molar-refractivity contribution in [2.75, 3.05) is 0 Å². The van der Waals surface area contributed by atoms with Gasteiger partial charge in [-0.25, -0.2) is 8.42 Å². The van der Waals surface area contributed by atoms with E-state index in [2.05, 4.69) is 10.0 Å². The Hall–Kier alpha value is -2.25. The van der Waals surface area contributed by atoms with Crippen molar-refractivity contribution in [3.63, 3.8) is 0 Å². The molecule has 2 aromatic carbocycles. The van der Waals surface area contributed by atoms with E-state index in [0.29, 0.717) is 19.3 Å². The minimum absolute atomic E-state index is 0.129. The first-order valence-electron chi connectivity index (χ1n) is 10.0. The molecule has 0 saturated heterocycles. The van der Waals surface area contributed by atoms with E-state index in [4.69, 9.17) is 0 Å². The molecule has 1 amide bonds. The van der Waals surface area contributed by atoms with Gasteiger partial charge in [0, 0.05) is 0 Å². The lowest BCUT2D eigenvalue weighted by molar-refractivity contribution is -0.129. The van der Waals surface area contributed by atoms with Crippen LogP contribution >= 0.6 is 0 Å². The van der Waals surface area contributed by atoms with Gasteiger partial charge in [0.25, 0.3) is 0 Å². The lowest BCUT2D eigenvalue weighted by Crippen LogP contribution is -2.59. The summed E-state index contributed by atoms with van der Waals surface area (Å²) in [5.41, 5.74) is -1.22. The molecule has 0 heterocycles. The average molecular weight is 417 g/mol. The normalized spacial score (nSPS) is 17.3. The molecule has 6 nitrogen and oxygen atoms in total. The van der Waals surface area contributed by atoms with Gasteiger partial charge < -0.3 is 10.1 Å². The molecule has 0 aliphatic heterocycles. The topological polar surface area (TPSA) is 92.3 Å². The second-order valence-corrected chi connectivity index (χ2v) is 9.93. The molecule has 1 aliphatic rings. The van der Waals surface area contributed by atoms with E-state index >= 15 is 0 Å². The summed E-state index contributed by atoms with van der Waals surface area (Å²) in [4.78, 5) is 24.5. The number of hydrogen-bond acceptors (Lipinski definition) is 4. The van der Waals surface area contributed by atoms with Crippen LogP contribution in [0.5, 0.6) is 0 Å². The highest BCUT2D eigenvalue weighted by Gasteiger charge is 2.45. The van der Waals surface area contributed by atoms with Crippen LogP contribution in [0.2, 0.25) is 0 Å². The minimum Gasteiger partial charge on any atom is -0.345 e. The second kappa shape index (κ2) is 8.63. The molecule has 156 valence electrons. The Morgan fingerprint density at radius 3 is 2.38 bits per heavy atom. The zero-order valence-corrected chi connectivity index (χ0v) is 17.7. The van der Waals surface area contributed by atoms with Crippen LogP contribution in [0.4, 0.5) is 0 Å². The molecular formula is C22H28N2O4S. The van der Waals surface area contributed by atoms with Crippen LogP contribution in [0.3, 0.4) is 0 Å². The Morgan fingerprint density at radius 1 is 1.10 bits per heavy atom. The van der Waals surface area contributed by atoms with Crippen molar-refractivity contribution in [3.05, 3.63) is 42.5 Å². The number of carbonyl (C=O) groups excluding carboxylic acids is 2. The molecule has 1 fully saturated rings. The largest absolute Gasteiger partial charge is 0.345 e. The zero-order valence-electron chi connectivity index (χ0n) is 16.9. The van der Waals surface area contributed by atoms with Crippen LogP contribution in [0, 0.1) is 5.92 Å². The third kappa shape index (κ3) is 4.85. The van der Waals surface area contributed by atoms with Crippen LogP contribution in [0.15, 0.2) is 47.4 Å². The smallest absolute Gasteiger partial charge is 0.241 e. The van der Waals surface area contributed by atoms with E-state index < -0.39 is 27.5 Å². The van der Waals surface area contributed by atoms with Crippen LogP contribution in [0.1, 0.15) is 46.0 Å². The van der Waals surface area contributed by atoms with Crippen molar-refractivity contribution in [1.29, 1.82) is 0 Å². The van der Waals surface area contributed by atoms with E-state index in [9.17, 15) is 18.0 Å². The number of benzene rings is 2. The first-order valence-corrected chi connectivity index (χ1v) is 11.5. The molecule has 2 aromatic rings. The van der Waals surface area contributed by atoms with Crippen LogP contribution in [-0.2, 0) is 19.6 Å². The molecule has 7 heteroatoms. The Morgan fingerprint density at radius 2 is 1.76 bits per heavy atom. The molecule has 0 spiro atoms. The summed E-state index contributed by atoms with van der Waals surface area (Å²) >= 11 is 0. The first kappa shape index (κ1) is 21.5. The molecule has 2 N–H and O–H groups in total. The van der Waals surface area contributed by atoms with E-state index in [0.717, 1.165) is 29.9 Å². The molecule has 3 rings (SSSR count). The fourth-order valence-electron chi connectivity index (χ4n) is 3.97. The van der Waals surface area contributed by atoms with Crippen LogP contribution < -0.4 is 10.0 Å². The summed E-state index contributed by atoms with van der Waals surface area (Å²) < 4.78 is 28.9. The number of aldehydes is 1. The summed E-state index contributed by atoms with van der Waals surface area (Å²) in [6.07, 6.45) is 3.58. The number of hydrogen-bond donors (Lipinski definition) is 2. The number of nitrogens with one attached hydrogen (secondary N) is 2. The summed E-state index contributed by atoms with van der Waals surface area (Å²) in [5.74, 6) is -0.184. The Bertz CT molecular complexity index is 995. The van der Waals surface area contributed by atoms with Gasteiger partial charge >= 0.3 is 0 Å². The minimum atomic E-state index is -3.90. The molecule has 29 heavy (non-hydrogen) atoms. The van der Waals surface area contributed by atoms with Crippen molar-refractivity contribution >= 4 is 33.0 Å². The Balaban J connectivity index is 1.86. The van der Waals surface area contributed by atoms with E-state index in [1.54, 1.807) is 18.2 Å². The van der Waals surface area contributed by atoms with Gasteiger partial charge in [0.1, 0.15) is 11.8 Å². The van der Waals surface area contributed by atoms with Crippen molar-refractivity contribution in [1.82, 2.24) is 10.0 Å². The molecule has 0 unspecified atom stereocenters. The molecule has 1 saturated carbocycles. The predicted molar refractivity (Wildman–Crippen MR) is 113 cm³/mol. The summed E-state index contributed by atoms with van der Waals surface area (Å²) in [6.45, 7) is 3.94. The quantitative estimate of drug-likeness (QED) is 0.647. The van der Waals surface area contributed by atoms with Gasteiger partial charge in [-0.3, -0.25) is 4.79 Å². The van der Waals surface area contributed by atoms with Crippen LogP contribution in [-0.4, -0.2) is 32.2 Å². The van der Waals surface area contributed by atoms with Gasteiger partial charge in [0.2, 0.25) is 15.9 Å². The summed E-state index contributed by atoms with van der Waals surface area (Å²) in [7, 11) is -3.90. The average Bonchev–Trinajstić information content (AvgIpc) is 3.15. The Kier molecular flexibility index (Phi) is 6.39. The molecule has 1 atom stereocenters. The zero-order chi connectivity index (χ0) is 21.1. The Labute approximate surface area is 172 Å². The molecule has 1 aliphatic carbocycles. The molecule has 0 bridgehead atoms. The van der Waals surface area contributed by atoms with Gasteiger partial charge in [-0.15, -0.1) is 0 Å². The summed E-state index contributed by atoms with van der Waals surface area (Å²) in [5, 5.41) is 4.51. The van der Waals surface area contributed by atoms with Gasteiger partial charge in [-0.05, 0) is 48.1 Å². The highest BCUT2D eigenvalue weighted by Crippen LogP contribution is 2.32. The number of carbonyl (C=O) groups is 2. The molecular weight excluding hydrogens is 388 g/mol. The maximum absolute atomic E-state index is 13.1. The fourth-order valence-corrected chi connectivity index (χ4v) is 5.43. The number of fused-ring (bicyclic) bond motifs is 1. The SMILES string of the molecule is CC(C)C[C@@H](C=O)NC(=O)C1(NS(=O)(=O)c2ccc3ccccc3c2)CCCC1. The first-order chi connectivity index (χ1) is 13.8. The fraction of sp³-hybridized carbons (Fsp3) is 0.455. The van der Waals surface area contributed by atoms with Crippen molar-refractivity contribution in [3.8, 4) is 0 Å². The summed E-state index contributed by atoms with van der Waals surface area (Å²) in [6, 6.07) is 11.8. The lowest BCUT2D eigenvalue weighted by atomic mass is 9.96. The van der Waals surface area contributed by atoms with Crippen molar-refractivity contribution in [2.24, 2.45) is 5.92 Å². The van der Waals surface area contributed by atoms with Crippen molar-refractivity contribution in [2.45, 2.75) is 62.4 Å². The maximum atomic E-state index is 13.1. The van der Waals surface area contributed by atoms with Crippen molar-refractivity contribution < 1.29 is 18.0 Å². The highest BCUT2D eigenvalue weighted by atomic mass is 32.2.